The molecule has 0 bridgehead atoms. The van der Waals surface area contributed by atoms with Crippen molar-refractivity contribution in [2.75, 3.05) is 6.54 Å². The Morgan fingerprint density at radius 1 is 1.05 bits per heavy atom. The van der Waals surface area contributed by atoms with E-state index < -0.39 is 11.2 Å². The zero-order chi connectivity index (χ0) is 16.4. The summed E-state index contributed by atoms with van der Waals surface area (Å²) in [7, 11) is 0. The van der Waals surface area contributed by atoms with Gasteiger partial charge in [0.05, 0.1) is 5.92 Å². The van der Waals surface area contributed by atoms with E-state index in [-0.39, 0.29) is 24.0 Å². The van der Waals surface area contributed by atoms with Crippen molar-refractivity contribution in [2.24, 2.45) is 5.92 Å². The van der Waals surface area contributed by atoms with Crippen LogP contribution in [-0.2, 0) is 14.3 Å². The van der Waals surface area contributed by atoms with Crippen molar-refractivity contribution in [3.05, 3.63) is 0 Å². The van der Waals surface area contributed by atoms with Crippen LogP contribution in [0.25, 0.3) is 0 Å². The number of esters is 1. The number of hydrogen-bond acceptors (Lipinski definition) is 4. The number of rotatable bonds is 2. The average molecular weight is 299 g/mol. The van der Waals surface area contributed by atoms with Crippen LogP contribution in [0.15, 0.2) is 0 Å². The van der Waals surface area contributed by atoms with Gasteiger partial charge in [-0.1, -0.05) is 0 Å². The quantitative estimate of drug-likeness (QED) is 0.734. The lowest BCUT2D eigenvalue weighted by atomic mass is 9.99. The molecule has 1 aliphatic rings. The molecule has 21 heavy (non-hydrogen) atoms. The molecule has 5 heteroatoms. The van der Waals surface area contributed by atoms with Crippen LogP contribution in [0.1, 0.15) is 61.3 Å². The van der Waals surface area contributed by atoms with Gasteiger partial charge in [-0.25, -0.2) is 4.79 Å². The second kappa shape index (κ2) is 6.24. The molecular formula is C16H29NO4. The highest BCUT2D eigenvalue weighted by atomic mass is 16.6. The van der Waals surface area contributed by atoms with Crippen molar-refractivity contribution in [1.29, 1.82) is 0 Å². The number of carbonyl (C=O) groups is 2. The van der Waals surface area contributed by atoms with Crippen molar-refractivity contribution in [2.45, 2.75) is 78.6 Å². The summed E-state index contributed by atoms with van der Waals surface area (Å²) >= 11 is 0. The lowest BCUT2D eigenvalue weighted by Gasteiger charge is -2.32. The molecule has 1 saturated heterocycles. The fraction of sp³-hybridized carbons (Fsp3) is 0.875. The summed E-state index contributed by atoms with van der Waals surface area (Å²) in [5, 5.41) is 0. The Hall–Kier alpha value is -1.26. The first kappa shape index (κ1) is 17.8. The molecule has 0 N–H and O–H groups in total. The molecule has 2 atom stereocenters. The average Bonchev–Trinajstić information content (AvgIpc) is 2.71. The molecule has 1 aliphatic heterocycles. The van der Waals surface area contributed by atoms with E-state index in [1.54, 1.807) is 4.90 Å². The van der Waals surface area contributed by atoms with Crippen LogP contribution in [-0.4, -0.2) is 40.8 Å². The Balaban J connectivity index is 2.72. The summed E-state index contributed by atoms with van der Waals surface area (Å²) in [4.78, 5) is 26.1. The molecule has 5 nitrogen and oxygen atoms in total. The molecule has 2 unspecified atom stereocenters. The maximum Gasteiger partial charge on any atom is 0.410 e. The van der Waals surface area contributed by atoms with E-state index in [4.69, 9.17) is 9.47 Å². The zero-order valence-corrected chi connectivity index (χ0v) is 14.4. The smallest absolute Gasteiger partial charge is 0.410 e. The Morgan fingerprint density at radius 2 is 1.57 bits per heavy atom. The van der Waals surface area contributed by atoms with Gasteiger partial charge >= 0.3 is 12.1 Å². The molecule has 1 fully saturated rings. The van der Waals surface area contributed by atoms with Gasteiger partial charge in [0.25, 0.3) is 0 Å². The highest BCUT2D eigenvalue weighted by molar-refractivity contribution is 5.75. The van der Waals surface area contributed by atoms with E-state index >= 15 is 0 Å². The van der Waals surface area contributed by atoms with Gasteiger partial charge in [-0.15, -0.1) is 0 Å². The molecule has 0 spiro atoms. The van der Waals surface area contributed by atoms with Crippen LogP contribution in [0.3, 0.4) is 0 Å². The third-order valence-electron chi connectivity index (χ3n) is 3.28. The van der Waals surface area contributed by atoms with Gasteiger partial charge in [0, 0.05) is 12.6 Å². The highest BCUT2D eigenvalue weighted by Crippen LogP contribution is 2.27. The number of ether oxygens (including phenoxy) is 2. The van der Waals surface area contributed by atoms with E-state index in [0.717, 1.165) is 12.8 Å². The molecule has 1 amide bonds. The molecule has 0 aromatic carbocycles. The van der Waals surface area contributed by atoms with Gasteiger partial charge in [0.2, 0.25) is 0 Å². The van der Waals surface area contributed by atoms with E-state index in [2.05, 4.69) is 0 Å². The van der Waals surface area contributed by atoms with E-state index in [9.17, 15) is 9.59 Å². The van der Waals surface area contributed by atoms with Crippen LogP contribution in [0.4, 0.5) is 4.79 Å². The predicted octanol–water partition coefficient (Wildman–Crippen LogP) is 3.36. The summed E-state index contributed by atoms with van der Waals surface area (Å²) < 4.78 is 10.8. The monoisotopic (exact) mass is 299 g/mol. The molecule has 122 valence electrons. The Labute approximate surface area is 128 Å². The van der Waals surface area contributed by atoms with E-state index in [0.29, 0.717) is 6.54 Å². The Kier molecular flexibility index (Phi) is 5.29. The Morgan fingerprint density at radius 3 is 2.05 bits per heavy atom. The largest absolute Gasteiger partial charge is 0.460 e. The predicted molar refractivity (Wildman–Crippen MR) is 81.0 cm³/mol. The van der Waals surface area contributed by atoms with E-state index in [1.165, 1.54) is 0 Å². The SMILES string of the molecule is CC(C(=O)OC(C)(C)C)C1CCCN1C(=O)OC(C)(C)C. The molecule has 0 radical (unpaired) electrons. The van der Waals surface area contributed by atoms with Gasteiger partial charge in [0.1, 0.15) is 11.2 Å². The second-order valence-electron chi connectivity index (χ2n) is 7.71. The lowest BCUT2D eigenvalue weighted by Crippen LogP contribution is -2.45. The minimum Gasteiger partial charge on any atom is -0.460 e. The normalized spacial score (nSPS) is 21.1. The highest BCUT2D eigenvalue weighted by Gasteiger charge is 2.39. The van der Waals surface area contributed by atoms with Crippen LogP contribution >= 0.6 is 0 Å². The maximum absolute atomic E-state index is 12.2. The molecular weight excluding hydrogens is 270 g/mol. The second-order valence-corrected chi connectivity index (χ2v) is 7.71. The van der Waals surface area contributed by atoms with Gasteiger partial charge in [0.15, 0.2) is 0 Å². The molecule has 1 heterocycles. The summed E-state index contributed by atoms with van der Waals surface area (Å²) in [6.45, 7) is 13.5. The van der Waals surface area contributed by atoms with Crippen molar-refractivity contribution in [1.82, 2.24) is 4.90 Å². The minimum absolute atomic E-state index is 0.144. The molecule has 0 saturated carbocycles. The number of likely N-dealkylation sites (tertiary alicyclic amines) is 1. The van der Waals surface area contributed by atoms with Gasteiger partial charge in [-0.2, -0.15) is 0 Å². The Bertz CT molecular complexity index is 392. The summed E-state index contributed by atoms with van der Waals surface area (Å²) in [5.74, 6) is -0.609. The van der Waals surface area contributed by atoms with Crippen LogP contribution in [0.2, 0.25) is 0 Å². The fourth-order valence-corrected chi connectivity index (χ4v) is 2.41. The van der Waals surface area contributed by atoms with Crippen molar-refractivity contribution < 1.29 is 19.1 Å². The van der Waals surface area contributed by atoms with Crippen LogP contribution < -0.4 is 0 Å². The molecule has 1 rings (SSSR count). The standard InChI is InChI=1S/C16H29NO4/c1-11(13(18)20-15(2,3)4)12-9-8-10-17(12)14(19)21-16(5,6)7/h11-12H,8-10H2,1-7H3. The third kappa shape index (κ3) is 5.56. The van der Waals surface area contributed by atoms with Gasteiger partial charge < -0.3 is 14.4 Å². The summed E-state index contributed by atoms with van der Waals surface area (Å²) in [5.41, 5.74) is -1.04. The minimum atomic E-state index is -0.528. The molecule has 0 aromatic heterocycles. The fourth-order valence-electron chi connectivity index (χ4n) is 2.41. The molecule has 0 aliphatic carbocycles. The summed E-state index contributed by atoms with van der Waals surface area (Å²) in [6, 6.07) is -0.144. The van der Waals surface area contributed by atoms with Gasteiger partial charge in [-0.05, 0) is 61.3 Å². The number of amides is 1. The summed E-state index contributed by atoms with van der Waals surface area (Å²) in [6.07, 6.45) is 1.34. The number of nitrogens with zero attached hydrogens (tertiary/aromatic N) is 1. The third-order valence-corrected chi connectivity index (χ3v) is 3.28. The first-order valence-corrected chi connectivity index (χ1v) is 7.63. The van der Waals surface area contributed by atoms with Gasteiger partial charge in [-0.3, -0.25) is 4.79 Å². The zero-order valence-electron chi connectivity index (χ0n) is 14.4. The first-order chi connectivity index (χ1) is 9.41. The molecule has 0 aromatic rings. The maximum atomic E-state index is 12.2. The topological polar surface area (TPSA) is 55.8 Å². The van der Waals surface area contributed by atoms with Crippen LogP contribution in [0, 0.1) is 5.92 Å². The lowest BCUT2D eigenvalue weighted by molar-refractivity contribution is -0.161. The van der Waals surface area contributed by atoms with Crippen molar-refractivity contribution in [3.8, 4) is 0 Å². The van der Waals surface area contributed by atoms with E-state index in [1.807, 2.05) is 48.5 Å². The number of hydrogen-bond donors (Lipinski definition) is 0. The van der Waals surface area contributed by atoms with Crippen molar-refractivity contribution in [3.63, 3.8) is 0 Å². The first-order valence-electron chi connectivity index (χ1n) is 7.63. The van der Waals surface area contributed by atoms with Crippen molar-refractivity contribution >= 4 is 12.1 Å². The number of carbonyl (C=O) groups excluding carboxylic acids is 2. The van der Waals surface area contributed by atoms with Crippen LogP contribution in [0.5, 0.6) is 0 Å².